The third-order valence-electron chi connectivity index (χ3n) is 8.72. The van der Waals surface area contributed by atoms with E-state index in [9.17, 15) is 0 Å². The van der Waals surface area contributed by atoms with Crippen LogP contribution in [-0.2, 0) is 13.1 Å². The van der Waals surface area contributed by atoms with Gasteiger partial charge in [-0.15, -0.1) is 0 Å². The number of halogens is 1. The van der Waals surface area contributed by atoms with E-state index in [2.05, 4.69) is 111 Å². The number of nitrogens with zero attached hydrogens (tertiary/aromatic N) is 4. The molecule has 5 nitrogen and oxygen atoms in total. The van der Waals surface area contributed by atoms with Gasteiger partial charge in [-0.1, -0.05) is 72.3 Å². The van der Waals surface area contributed by atoms with E-state index in [0.717, 1.165) is 87.4 Å². The molecular weight excluding hydrogens is 540 g/mol. The first-order valence-corrected chi connectivity index (χ1v) is 15.4. The van der Waals surface area contributed by atoms with E-state index in [1.807, 2.05) is 12.1 Å². The van der Waals surface area contributed by atoms with Crippen molar-refractivity contribution in [2.75, 3.05) is 62.2 Å². The Kier molecular flexibility index (Phi) is 7.88. The zero-order chi connectivity index (χ0) is 28.3. The van der Waals surface area contributed by atoms with Gasteiger partial charge in [0.25, 0.3) is 0 Å². The number of fused-ring (bicyclic) bond motifs is 1. The lowest BCUT2D eigenvalue weighted by molar-refractivity contribution is 0.233. The van der Waals surface area contributed by atoms with Gasteiger partial charge in [0.2, 0.25) is 0 Å². The molecule has 2 saturated heterocycles. The highest BCUT2D eigenvalue weighted by molar-refractivity contribution is 6.30. The van der Waals surface area contributed by atoms with Crippen molar-refractivity contribution in [3.63, 3.8) is 0 Å². The molecule has 42 heavy (non-hydrogen) atoms. The minimum atomic E-state index is 0.750. The molecule has 214 valence electrons. The second-order valence-corrected chi connectivity index (χ2v) is 11.9. The van der Waals surface area contributed by atoms with E-state index in [1.165, 1.54) is 27.9 Å². The Morgan fingerprint density at radius 3 is 1.69 bits per heavy atom. The predicted octanol–water partition coefficient (Wildman–Crippen LogP) is 7.40. The summed E-state index contributed by atoms with van der Waals surface area (Å²) in [6.45, 7) is 9.99. The van der Waals surface area contributed by atoms with E-state index in [1.54, 1.807) is 0 Å². The van der Waals surface area contributed by atoms with Crippen molar-refractivity contribution in [2.24, 2.45) is 0 Å². The molecule has 2 fully saturated rings. The SMILES string of the molecule is Clc1ccc(-c2c(CN3CCN(c4ccccc4)CC3)oc3cc(CN4CCN(c5ccccc5)CC4)ccc23)cc1. The van der Waals surface area contributed by atoms with E-state index in [-0.39, 0.29) is 0 Å². The van der Waals surface area contributed by atoms with Gasteiger partial charge in [0, 0.05) is 86.2 Å². The van der Waals surface area contributed by atoms with Crippen LogP contribution in [0.2, 0.25) is 5.02 Å². The third-order valence-corrected chi connectivity index (χ3v) is 8.97. The number of para-hydroxylation sites is 2. The highest BCUT2D eigenvalue weighted by Crippen LogP contribution is 2.37. The van der Waals surface area contributed by atoms with Gasteiger partial charge >= 0.3 is 0 Å². The fourth-order valence-electron chi connectivity index (χ4n) is 6.40. The standard InChI is InChI=1S/C36H37ClN4O/c37-30-14-12-29(13-15-30)36-33-16-11-28(26-38-17-21-40(22-18-38)31-7-3-1-4-8-31)25-34(33)42-35(36)27-39-19-23-41(24-20-39)32-9-5-2-6-10-32/h1-16,25H,17-24,26-27H2. The predicted molar refractivity (Wildman–Crippen MR) is 175 cm³/mol. The number of hydrogen-bond donors (Lipinski definition) is 0. The molecule has 0 bridgehead atoms. The van der Waals surface area contributed by atoms with Crippen LogP contribution in [0.15, 0.2) is 108 Å². The normalized spacial score (nSPS) is 16.8. The van der Waals surface area contributed by atoms with Gasteiger partial charge < -0.3 is 14.2 Å². The van der Waals surface area contributed by atoms with Crippen LogP contribution in [-0.4, -0.2) is 62.2 Å². The molecule has 7 rings (SSSR count). The van der Waals surface area contributed by atoms with Gasteiger partial charge in [0.05, 0.1) is 6.54 Å². The van der Waals surface area contributed by atoms with Crippen molar-refractivity contribution in [1.82, 2.24) is 9.80 Å². The van der Waals surface area contributed by atoms with Crippen molar-refractivity contribution in [3.05, 3.63) is 119 Å². The largest absolute Gasteiger partial charge is 0.459 e. The van der Waals surface area contributed by atoms with Crippen LogP contribution in [0, 0.1) is 0 Å². The molecule has 5 aromatic rings. The summed E-state index contributed by atoms with van der Waals surface area (Å²) in [5, 5.41) is 1.92. The number of piperazine rings is 2. The summed E-state index contributed by atoms with van der Waals surface area (Å²) in [7, 11) is 0. The maximum absolute atomic E-state index is 6.69. The van der Waals surface area contributed by atoms with Crippen molar-refractivity contribution in [3.8, 4) is 11.1 Å². The fourth-order valence-corrected chi connectivity index (χ4v) is 6.53. The average Bonchev–Trinajstić information content (AvgIpc) is 3.40. The Hall–Kier alpha value is -3.77. The fraction of sp³-hybridized carbons (Fsp3) is 0.278. The summed E-state index contributed by atoms with van der Waals surface area (Å²) in [6.07, 6.45) is 0. The molecule has 6 heteroatoms. The van der Waals surface area contributed by atoms with Crippen LogP contribution in [0.25, 0.3) is 22.1 Å². The monoisotopic (exact) mass is 576 g/mol. The second kappa shape index (κ2) is 12.2. The van der Waals surface area contributed by atoms with E-state index >= 15 is 0 Å². The van der Waals surface area contributed by atoms with Crippen molar-refractivity contribution in [2.45, 2.75) is 13.1 Å². The summed E-state index contributed by atoms with van der Waals surface area (Å²) in [6, 6.07) is 36.4. The maximum atomic E-state index is 6.69. The Balaban J connectivity index is 1.09. The van der Waals surface area contributed by atoms with E-state index in [0.29, 0.717) is 0 Å². The lowest BCUT2D eigenvalue weighted by atomic mass is 10.0. The number of rotatable bonds is 7. The summed E-state index contributed by atoms with van der Waals surface area (Å²) in [5.41, 5.74) is 7.24. The quantitative estimate of drug-likeness (QED) is 0.201. The molecular formula is C36H37ClN4O. The first kappa shape index (κ1) is 27.1. The highest BCUT2D eigenvalue weighted by Gasteiger charge is 2.23. The lowest BCUT2D eigenvalue weighted by Crippen LogP contribution is -2.45. The van der Waals surface area contributed by atoms with Crippen molar-refractivity contribution >= 4 is 33.9 Å². The minimum Gasteiger partial charge on any atom is -0.459 e. The van der Waals surface area contributed by atoms with Crippen LogP contribution in [0.3, 0.4) is 0 Å². The maximum Gasteiger partial charge on any atom is 0.135 e. The molecule has 2 aliphatic rings. The minimum absolute atomic E-state index is 0.750. The average molecular weight is 577 g/mol. The summed E-state index contributed by atoms with van der Waals surface area (Å²) >= 11 is 6.26. The van der Waals surface area contributed by atoms with Crippen LogP contribution in [0.5, 0.6) is 0 Å². The number of anilines is 2. The number of benzene rings is 4. The molecule has 0 amide bonds. The molecule has 3 heterocycles. The highest BCUT2D eigenvalue weighted by atomic mass is 35.5. The topological polar surface area (TPSA) is 26.1 Å². The first-order chi connectivity index (χ1) is 20.7. The summed E-state index contributed by atoms with van der Waals surface area (Å²) in [4.78, 5) is 10.0. The van der Waals surface area contributed by atoms with Gasteiger partial charge in [-0.3, -0.25) is 9.80 Å². The van der Waals surface area contributed by atoms with Gasteiger partial charge in [0.1, 0.15) is 11.3 Å². The molecule has 0 unspecified atom stereocenters. The van der Waals surface area contributed by atoms with E-state index in [4.69, 9.17) is 16.0 Å². The summed E-state index contributed by atoms with van der Waals surface area (Å²) in [5.74, 6) is 1.04. The summed E-state index contributed by atoms with van der Waals surface area (Å²) < 4.78 is 6.69. The van der Waals surface area contributed by atoms with Gasteiger partial charge in [-0.2, -0.15) is 0 Å². The van der Waals surface area contributed by atoms with Crippen LogP contribution in [0.4, 0.5) is 11.4 Å². The van der Waals surface area contributed by atoms with Crippen LogP contribution >= 0.6 is 11.6 Å². The molecule has 1 aromatic heterocycles. The van der Waals surface area contributed by atoms with Gasteiger partial charge in [-0.25, -0.2) is 0 Å². The van der Waals surface area contributed by atoms with Crippen molar-refractivity contribution < 1.29 is 4.42 Å². The van der Waals surface area contributed by atoms with Gasteiger partial charge in [0.15, 0.2) is 0 Å². The molecule has 0 saturated carbocycles. The molecule has 0 atom stereocenters. The van der Waals surface area contributed by atoms with Crippen LogP contribution < -0.4 is 9.80 Å². The van der Waals surface area contributed by atoms with Gasteiger partial charge in [-0.05, 0) is 53.6 Å². The zero-order valence-electron chi connectivity index (χ0n) is 24.0. The number of hydrogen-bond acceptors (Lipinski definition) is 5. The zero-order valence-corrected chi connectivity index (χ0v) is 24.7. The second-order valence-electron chi connectivity index (χ2n) is 11.4. The number of furan rings is 1. The van der Waals surface area contributed by atoms with Crippen molar-refractivity contribution in [1.29, 1.82) is 0 Å². The molecule has 2 aliphatic heterocycles. The Morgan fingerprint density at radius 1 is 0.571 bits per heavy atom. The first-order valence-electron chi connectivity index (χ1n) is 15.0. The smallest absolute Gasteiger partial charge is 0.135 e. The molecule has 0 radical (unpaired) electrons. The molecule has 0 spiro atoms. The third kappa shape index (κ3) is 5.91. The molecule has 4 aromatic carbocycles. The lowest BCUT2D eigenvalue weighted by Gasteiger charge is -2.36. The van der Waals surface area contributed by atoms with E-state index < -0.39 is 0 Å². The molecule has 0 N–H and O–H groups in total. The Bertz CT molecular complexity index is 1600. The Morgan fingerprint density at radius 2 is 1.12 bits per heavy atom. The Labute approximate surface area is 253 Å². The molecule has 0 aliphatic carbocycles. The van der Waals surface area contributed by atoms with Crippen LogP contribution in [0.1, 0.15) is 11.3 Å².